The molecule has 134 valence electrons. The largest absolute Gasteiger partial charge is 0.369 e. The summed E-state index contributed by atoms with van der Waals surface area (Å²) in [5, 5.41) is 13.7. The molecule has 0 aliphatic carbocycles. The molecule has 1 aliphatic heterocycles. The zero-order valence-corrected chi connectivity index (χ0v) is 15.7. The minimum absolute atomic E-state index is 0.251. The molecule has 25 heavy (non-hydrogen) atoms. The topological polar surface area (TPSA) is 61.4 Å². The Hall–Kier alpha value is -2.15. The van der Waals surface area contributed by atoms with Gasteiger partial charge in [0.05, 0.1) is 0 Å². The second-order valence-electron chi connectivity index (χ2n) is 6.20. The summed E-state index contributed by atoms with van der Waals surface area (Å²) in [6.45, 7) is 8.08. The van der Waals surface area contributed by atoms with Crippen molar-refractivity contribution in [3.8, 4) is 0 Å². The van der Waals surface area contributed by atoms with E-state index in [-0.39, 0.29) is 5.91 Å². The van der Waals surface area contributed by atoms with E-state index in [2.05, 4.69) is 38.8 Å². The lowest BCUT2D eigenvalue weighted by molar-refractivity contribution is -0.131. The molecule has 3 rings (SSSR count). The van der Waals surface area contributed by atoms with Crippen molar-refractivity contribution in [2.24, 2.45) is 0 Å². The number of amides is 1. The van der Waals surface area contributed by atoms with Crippen LogP contribution in [0.2, 0.25) is 0 Å². The van der Waals surface area contributed by atoms with E-state index in [4.69, 9.17) is 0 Å². The van der Waals surface area contributed by atoms with E-state index in [0.29, 0.717) is 6.42 Å². The van der Waals surface area contributed by atoms with Gasteiger partial charge in [0, 0.05) is 44.0 Å². The molecule has 2 aromatic rings. The molecule has 0 radical (unpaired) electrons. The molecule has 1 aliphatic rings. The summed E-state index contributed by atoms with van der Waals surface area (Å²) in [7, 11) is 0. The van der Waals surface area contributed by atoms with Crippen molar-refractivity contribution in [2.45, 2.75) is 26.7 Å². The average molecular weight is 359 g/mol. The first kappa shape index (κ1) is 17.7. The van der Waals surface area contributed by atoms with Crippen molar-refractivity contribution >= 4 is 28.9 Å². The van der Waals surface area contributed by atoms with Gasteiger partial charge in [-0.15, -0.1) is 21.5 Å². The SMILES string of the molecule is CCNc1ccc(N2CCN(C(=O)CCc3sccc3C)CC2)nn1. The van der Waals surface area contributed by atoms with E-state index >= 15 is 0 Å². The van der Waals surface area contributed by atoms with Gasteiger partial charge in [-0.25, -0.2) is 0 Å². The van der Waals surface area contributed by atoms with Gasteiger partial charge in [-0.2, -0.15) is 0 Å². The van der Waals surface area contributed by atoms with Crippen LogP contribution < -0.4 is 10.2 Å². The number of hydrogen-bond donors (Lipinski definition) is 1. The van der Waals surface area contributed by atoms with Crippen molar-refractivity contribution in [3.63, 3.8) is 0 Å². The molecule has 6 nitrogen and oxygen atoms in total. The fourth-order valence-corrected chi connectivity index (χ4v) is 3.90. The normalized spacial score (nSPS) is 14.6. The van der Waals surface area contributed by atoms with Crippen LogP contribution in [0.5, 0.6) is 0 Å². The summed E-state index contributed by atoms with van der Waals surface area (Å²) < 4.78 is 0. The Labute approximate surface area is 152 Å². The number of piperazine rings is 1. The van der Waals surface area contributed by atoms with Gasteiger partial charge in [0.2, 0.25) is 5.91 Å². The van der Waals surface area contributed by atoms with E-state index < -0.39 is 0 Å². The van der Waals surface area contributed by atoms with Gasteiger partial charge in [0.25, 0.3) is 0 Å². The second-order valence-corrected chi connectivity index (χ2v) is 7.20. The predicted molar refractivity (Wildman–Crippen MR) is 102 cm³/mol. The van der Waals surface area contributed by atoms with Crippen molar-refractivity contribution < 1.29 is 4.79 Å². The summed E-state index contributed by atoms with van der Waals surface area (Å²) in [5.41, 5.74) is 1.29. The highest BCUT2D eigenvalue weighted by Crippen LogP contribution is 2.19. The summed E-state index contributed by atoms with van der Waals surface area (Å²) >= 11 is 1.74. The van der Waals surface area contributed by atoms with Crippen molar-refractivity contribution in [1.82, 2.24) is 15.1 Å². The third-order valence-corrected chi connectivity index (χ3v) is 5.58. The number of nitrogens with zero attached hydrogens (tertiary/aromatic N) is 4. The fraction of sp³-hybridized carbons (Fsp3) is 0.500. The molecule has 3 heterocycles. The minimum Gasteiger partial charge on any atom is -0.369 e. The Morgan fingerprint density at radius 3 is 2.60 bits per heavy atom. The third-order valence-electron chi connectivity index (χ3n) is 4.50. The van der Waals surface area contributed by atoms with Gasteiger partial charge in [-0.3, -0.25) is 4.79 Å². The smallest absolute Gasteiger partial charge is 0.223 e. The molecule has 0 atom stereocenters. The van der Waals surface area contributed by atoms with Crippen LogP contribution in [0.15, 0.2) is 23.6 Å². The Morgan fingerprint density at radius 2 is 2.00 bits per heavy atom. The number of hydrogen-bond acceptors (Lipinski definition) is 6. The number of nitrogens with one attached hydrogen (secondary N) is 1. The third kappa shape index (κ3) is 4.48. The van der Waals surface area contributed by atoms with Gasteiger partial charge >= 0.3 is 0 Å². The Morgan fingerprint density at radius 1 is 1.20 bits per heavy atom. The number of carbonyl (C=O) groups excluding carboxylic acids is 1. The van der Waals surface area contributed by atoms with Crippen LogP contribution in [-0.2, 0) is 11.2 Å². The number of aryl methyl sites for hydroxylation is 2. The molecule has 0 aromatic carbocycles. The Bertz CT molecular complexity index is 692. The summed E-state index contributed by atoms with van der Waals surface area (Å²) in [6.07, 6.45) is 1.44. The van der Waals surface area contributed by atoms with Crippen LogP contribution in [0.1, 0.15) is 23.8 Å². The van der Waals surface area contributed by atoms with Crippen LogP contribution in [0.4, 0.5) is 11.6 Å². The van der Waals surface area contributed by atoms with E-state index in [9.17, 15) is 4.79 Å². The second kappa shape index (κ2) is 8.29. The molecule has 0 bridgehead atoms. The molecular weight excluding hydrogens is 334 g/mol. The molecule has 2 aromatic heterocycles. The summed E-state index contributed by atoms with van der Waals surface area (Å²) in [4.78, 5) is 17.9. The number of anilines is 2. The van der Waals surface area contributed by atoms with Gasteiger partial charge in [0.1, 0.15) is 5.82 Å². The van der Waals surface area contributed by atoms with E-state index in [1.807, 2.05) is 24.0 Å². The van der Waals surface area contributed by atoms with Crippen LogP contribution in [0.25, 0.3) is 0 Å². The monoisotopic (exact) mass is 359 g/mol. The lowest BCUT2D eigenvalue weighted by Crippen LogP contribution is -2.49. The lowest BCUT2D eigenvalue weighted by Gasteiger charge is -2.35. The summed E-state index contributed by atoms with van der Waals surface area (Å²) in [6, 6.07) is 6.06. The number of thiophene rings is 1. The molecule has 1 saturated heterocycles. The Kier molecular flexibility index (Phi) is 5.86. The highest BCUT2D eigenvalue weighted by atomic mass is 32.1. The van der Waals surface area contributed by atoms with Crippen molar-refractivity contribution in [2.75, 3.05) is 42.9 Å². The maximum atomic E-state index is 12.4. The maximum Gasteiger partial charge on any atom is 0.223 e. The fourth-order valence-electron chi connectivity index (χ4n) is 2.99. The zero-order chi connectivity index (χ0) is 17.6. The first-order valence-corrected chi connectivity index (χ1v) is 9.68. The minimum atomic E-state index is 0.251. The summed E-state index contributed by atoms with van der Waals surface area (Å²) in [5.74, 6) is 1.92. The molecule has 0 saturated carbocycles. The molecule has 7 heteroatoms. The first-order valence-electron chi connectivity index (χ1n) is 8.80. The van der Waals surface area contributed by atoms with E-state index in [0.717, 1.165) is 50.8 Å². The molecule has 1 N–H and O–H groups in total. The van der Waals surface area contributed by atoms with Crippen LogP contribution >= 0.6 is 11.3 Å². The standard InChI is InChI=1S/C18H25N5OS/c1-3-19-16-5-6-17(21-20-16)22-9-11-23(12-10-22)18(24)7-4-15-14(2)8-13-25-15/h5-6,8,13H,3-4,7,9-12H2,1-2H3,(H,19,20). The van der Waals surface area contributed by atoms with Gasteiger partial charge in [-0.1, -0.05) is 0 Å². The predicted octanol–water partition coefficient (Wildman–Crippen LogP) is 2.56. The highest BCUT2D eigenvalue weighted by Gasteiger charge is 2.22. The van der Waals surface area contributed by atoms with Crippen LogP contribution in [0, 0.1) is 6.92 Å². The average Bonchev–Trinajstić information content (AvgIpc) is 3.06. The Balaban J connectivity index is 1.47. The quantitative estimate of drug-likeness (QED) is 0.859. The van der Waals surface area contributed by atoms with Gasteiger partial charge < -0.3 is 15.1 Å². The molecule has 0 spiro atoms. The molecule has 1 amide bonds. The highest BCUT2D eigenvalue weighted by molar-refractivity contribution is 7.10. The van der Waals surface area contributed by atoms with Crippen molar-refractivity contribution in [1.29, 1.82) is 0 Å². The maximum absolute atomic E-state index is 12.4. The molecule has 1 fully saturated rings. The zero-order valence-electron chi connectivity index (χ0n) is 14.9. The van der Waals surface area contributed by atoms with Gasteiger partial charge in [0.15, 0.2) is 5.82 Å². The van der Waals surface area contributed by atoms with E-state index in [1.54, 1.807) is 11.3 Å². The lowest BCUT2D eigenvalue weighted by atomic mass is 10.2. The number of rotatable bonds is 6. The van der Waals surface area contributed by atoms with Crippen molar-refractivity contribution in [3.05, 3.63) is 34.0 Å². The van der Waals surface area contributed by atoms with Crippen LogP contribution in [-0.4, -0.2) is 53.7 Å². The molecule has 0 unspecified atom stereocenters. The number of aromatic nitrogens is 2. The number of carbonyl (C=O) groups is 1. The molecular formula is C18H25N5OS. The van der Waals surface area contributed by atoms with Crippen LogP contribution in [0.3, 0.4) is 0 Å². The van der Waals surface area contributed by atoms with Gasteiger partial charge in [-0.05, 0) is 49.4 Å². The van der Waals surface area contributed by atoms with E-state index in [1.165, 1.54) is 10.4 Å². The first-order chi connectivity index (χ1) is 12.2.